The van der Waals surface area contributed by atoms with E-state index >= 15 is 0 Å². The molecule has 0 aliphatic rings. The van der Waals surface area contributed by atoms with Gasteiger partial charge in [0.05, 0.1) is 25.5 Å². The van der Waals surface area contributed by atoms with Crippen LogP contribution in [-0.2, 0) is 6.54 Å². The van der Waals surface area contributed by atoms with Crippen molar-refractivity contribution < 1.29 is 14.3 Å². The third kappa shape index (κ3) is 4.38. The number of rotatable bonds is 7. The zero-order valence-electron chi connectivity index (χ0n) is 13.9. The minimum atomic E-state index is -0.229. The number of ether oxygens (including phenoxy) is 2. The van der Waals surface area contributed by atoms with Crippen molar-refractivity contribution in [2.75, 3.05) is 19.0 Å². The van der Waals surface area contributed by atoms with E-state index in [1.54, 1.807) is 43.9 Å². The maximum Gasteiger partial charge on any atom is 0.259 e. The van der Waals surface area contributed by atoms with Crippen molar-refractivity contribution in [1.29, 1.82) is 0 Å². The number of hydrogen-bond donors (Lipinski definition) is 1. The molecule has 0 spiro atoms. The minimum absolute atomic E-state index is 0.229. The van der Waals surface area contributed by atoms with Crippen LogP contribution in [0.5, 0.6) is 11.5 Å². The molecule has 128 valence electrons. The van der Waals surface area contributed by atoms with Gasteiger partial charge in [0, 0.05) is 24.1 Å². The summed E-state index contributed by atoms with van der Waals surface area (Å²) in [5, 5.41) is 2.86. The number of carbonyl (C=O) groups is 1. The van der Waals surface area contributed by atoms with E-state index in [0.717, 1.165) is 0 Å². The second-order valence-electron chi connectivity index (χ2n) is 5.33. The Labute approximate surface area is 146 Å². The number of methoxy groups -OCH3 is 1. The van der Waals surface area contributed by atoms with E-state index in [1.807, 2.05) is 35.0 Å². The van der Waals surface area contributed by atoms with Crippen molar-refractivity contribution in [3.63, 3.8) is 0 Å². The molecule has 0 unspecified atom stereocenters. The molecule has 3 rings (SSSR count). The number of anilines is 1. The quantitative estimate of drug-likeness (QED) is 0.719. The van der Waals surface area contributed by atoms with E-state index in [0.29, 0.717) is 35.9 Å². The summed E-state index contributed by atoms with van der Waals surface area (Å²) in [5.41, 5.74) is 1.15. The summed E-state index contributed by atoms with van der Waals surface area (Å²) >= 11 is 0. The second-order valence-corrected chi connectivity index (χ2v) is 5.33. The second kappa shape index (κ2) is 8.01. The van der Waals surface area contributed by atoms with Gasteiger partial charge in [-0.05, 0) is 24.3 Å². The summed E-state index contributed by atoms with van der Waals surface area (Å²) < 4.78 is 12.9. The Balaban J connectivity index is 1.62. The molecule has 6 nitrogen and oxygen atoms in total. The Morgan fingerprint density at radius 3 is 2.88 bits per heavy atom. The van der Waals surface area contributed by atoms with E-state index in [4.69, 9.17) is 9.47 Å². The highest BCUT2D eigenvalue weighted by Gasteiger charge is 2.11. The van der Waals surface area contributed by atoms with Gasteiger partial charge in [0.25, 0.3) is 5.91 Å². The average molecular weight is 337 g/mol. The molecule has 1 heterocycles. The number of imidazole rings is 1. The van der Waals surface area contributed by atoms with Crippen LogP contribution in [0.25, 0.3) is 0 Å². The van der Waals surface area contributed by atoms with E-state index in [1.165, 1.54) is 0 Å². The molecule has 0 aliphatic carbocycles. The summed E-state index contributed by atoms with van der Waals surface area (Å²) in [6, 6.07) is 14.4. The van der Waals surface area contributed by atoms with Gasteiger partial charge in [-0.1, -0.05) is 18.2 Å². The summed E-state index contributed by atoms with van der Waals surface area (Å²) in [7, 11) is 1.54. The Morgan fingerprint density at radius 1 is 1.20 bits per heavy atom. The van der Waals surface area contributed by atoms with Gasteiger partial charge in [-0.25, -0.2) is 4.98 Å². The van der Waals surface area contributed by atoms with Crippen molar-refractivity contribution in [3.8, 4) is 11.5 Å². The molecule has 0 bridgehead atoms. The molecule has 0 saturated carbocycles. The number of aromatic nitrogens is 2. The molecule has 1 aromatic heterocycles. The molecule has 25 heavy (non-hydrogen) atoms. The highest BCUT2D eigenvalue weighted by Crippen LogP contribution is 2.21. The Bertz CT molecular complexity index is 831. The van der Waals surface area contributed by atoms with Crippen LogP contribution in [0, 0.1) is 0 Å². The van der Waals surface area contributed by atoms with Crippen LogP contribution in [-0.4, -0.2) is 29.2 Å². The lowest BCUT2D eigenvalue weighted by atomic mass is 10.2. The fraction of sp³-hybridized carbons (Fsp3) is 0.158. The van der Waals surface area contributed by atoms with Gasteiger partial charge < -0.3 is 19.4 Å². The standard InChI is InChI=1S/C19H19N3O3/c1-24-18-8-3-2-7-17(18)19(23)21-15-5-4-6-16(13-15)25-12-11-22-10-9-20-14-22/h2-10,13-14H,11-12H2,1H3,(H,21,23). The third-order valence-corrected chi connectivity index (χ3v) is 3.62. The van der Waals surface area contributed by atoms with Crippen LogP contribution in [0.1, 0.15) is 10.4 Å². The maximum atomic E-state index is 12.4. The van der Waals surface area contributed by atoms with Gasteiger partial charge in [-0.15, -0.1) is 0 Å². The first-order valence-corrected chi connectivity index (χ1v) is 7.89. The number of hydrogen-bond acceptors (Lipinski definition) is 4. The SMILES string of the molecule is COc1ccccc1C(=O)Nc1cccc(OCCn2ccnc2)c1. The predicted octanol–water partition coefficient (Wildman–Crippen LogP) is 3.22. The molecular weight excluding hydrogens is 318 g/mol. The van der Waals surface area contributed by atoms with Gasteiger partial charge in [0.1, 0.15) is 18.1 Å². The van der Waals surface area contributed by atoms with Crippen molar-refractivity contribution in [2.24, 2.45) is 0 Å². The molecule has 1 amide bonds. The van der Waals surface area contributed by atoms with Gasteiger partial charge in [0.2, 0.25) is 0 Å². The maximum absolute atomic E-state index is 12.4. The number of nitrogens with zero attached hydrogens (tertiary/aromatic N) is 2. The Kier molecular flexibility index (Phi) is 5.31. The molecule has 0 atom stereocenters. The Morgan fingerprint density at radius 2 is 2.08 bits per heavy atom. The minimum Gasteiger partial charge on any atom is -0.496 e. The zero-order chi connectivity index (χ0) is 17.5. The number of nitrogens with one attached hydrogen (secondary N) is 1. The van der Waals surface area contributed by atoms with E-state index in [9.17, 15) is 4.79 Å². The largest absolute Gasteiger partial charge is 0.496 e. The smallest absolute Gasteiger partial charge is 0.259 e. The summed E-state index contributed by atoms with van der Waals surface area (Å²) in [4.78, 5) is 16.4. The lowest BCUT2D eigenvalue weighted by molar-refractivity contribution is 0.102. The van der Waals surface area contributed by atoms with Crippen molar-refractivity contribution in [3.05, 3.63) is 72.8 Å². The van der Waals surface area contributed by atoms with Gasteiger partial charge in [-0.2, -0.15) is 0 Å². The fourth-order valence-corrected chi connectivity index (χ4v) is 2.38. The fourth-order valence-electron chi connectivity index (χ4n) is 2.38. The number of amides is 1. The normalized spacial score (nSPS) is 10.3. The van der Waals surface area contributed by atoms with Crippen LogP contribution >= 0.6 is 0 Å². The van der Waals surface area contributed by atoms with Crippen molar-refractivity contribution >= 4 is 11.6 Å². The third-order valence-electron chi connectivity index (χ3n) is 3.62. The van der Waals surface area contributed by atoms with Crippen molar-refractivity contribution in [2.45, 2.75) is 6.54 Å². The highest BCUT2D eigenvalue weighted by atomic mass is 16.5. The number of para-hydroxylation sites is 1. The van der Waals surface area contributed by atoms with Gasteiger partial charge >= 0.3 is 0 Å². The highest BCUT2D eigenvalue weighted by molar-refractivity contribution is 6.06. The number of carbonyl (C=O) groups excluding carboxylic acids is 1. The van der Waals surface area contributed by atoms with Crippen molar-refractivity contribution in [1.82, 2.24) is 9.55 Å². The molecule has 0 saturated heterocycles. The molecule has 0 radical (unpaired) electrons. The first-order chi connectivity index (χ1) is 12.3. The zero-order valence-corrected chi connectivity index (χ0v) is 13.9. The lowest BCUT2D eigenvalue weighted by Crippen LogP contribution is -2.13. The predicted molar refractivity (Wildman–Crippen MR) is 95.1 cm³/mol. The molecule has 0 aliphatic heterocycles. The van der Waals surface area contributed by atoms with E-state index in [2.05, 4.69) is 10.3 Å². The molecule has 0 fully saturated rings. The monoisotopic (exact) mass is 337 g/mol. The molecule has 2 aromatic carbocycles. The van der Waals surface area contributed by atoms with Crippen LogP contribution < -0.4 is 14.8 Å². The van der Waals surface area contributed by atoms with Crippen LogP contribution in [0.3, 0.4) is 0 Å². The number of benzene rings is 2. The Hall–Kier alpha value is -3.28. The van der Waals surface area contributed by atoms with Crippen LogP contribution in [0.4, 0.5) is 5.69 Å². The topological polar surface area (TPSA) is 65.4 Å². The molecule has 1 N–H and O–H groups in total. The van der Waals surface area contributed by atoms with Crippen LogP contribution in [0.15, 0.2) is 67.3 Å². The summed E-state index contributed by atoms with van der Waals surface area (Å²) in [6.45, 7) is 1.22. The van der Waals surface area contributed by atoms with E-state index < -0.39 is 0 Å². The van der Waals surface area contributed by atoms with E-state index in [-0.39, 0.29) is 5.91 Å². The first-order valence-electron chi connectivity index (χ1n) is 7.89. The lowest BCUT2D eigenvalue weighted by Gasteiger charge is -2.11. The van der Waals surface area contributed by atoms with Crippen LogP contribution in [0.2, 0.25) is 0 Å². The molecular formula is C19H19N3O3. The molecule has 6 heteroatoms. The summed E-state index contributed by atoms with van der Waals surface area (Å²) in [6.07, 6.45) is 5.36. The average Bonchev–Trinajstić information content (AvgIpc) is 3.15. The summed E-state index contributed by atoms with van der Waals surface area (Å²) in [5.74, 6) is 0.999. The van der Waals surface area contributed by atoms with Gasteiger partial charge in [-0.3, -0.25) is 4.79 Å². The van der Waals surface area contributed by atoms with Gasteiger partial charge in [0.15, 0.2) is 0 Å². The molecule has 3 aromatic rings. The first kappa shape index (κ1) is 16.6.